The molecule has 1 unspecified atom stereocenters. The summed E-state index contributed by atoms with van der Waals surface area (Å²) >= 11 is 0. The van der Waals surface area contributed by atoms with E-state index in [-0.39, 0.29) is 6.04 Å². The van der Waals surface area contributed by atoms with E-state index in [2.05, 4.69) is 4.90 Å². The summed E-state index contributed by atoms with van der Waals surface area (Å²) in [6.07, 6.45) is 1.68. The highest BCUT2D eigenvalue weighted by Crippen LogP contribution is 2.03. The van der Waals surface area contributed by atoms with Crippen LogP contribution in [0.1, 0.15) is 5.76 Å². The second kappa shape index (κ2) is 5.80. The first-order valence-electron chi connectivity index (χ1n) is 4.68. The van der Waals surface area contributed by atoms with Gasteiger partial charge in [-0.05, 0) is 19.2 Å². The minimum atomic E-state index is 0.0555. The van der Waals surface area contributed by atoms with Gasteiger partial charge in [-0.1, -0.05) is 0 Å². The molecule has 80 valence electrons. The van der Waals surface area contributed by atoms with Crippen LogP contribution >= 0.6 is 0 Å². The topological polar surface area (TPSA) is 51.6 Å². The van der Waals surface area contributed by atoms with Crippen molar-refractivity contribution >= 4 is 0 Å². The Kier molecular flexibility index (Phi) is 4.65. The summed E-state index contributed by atoms with van der Waals surface area (Å²) in [6, 6.07) is 3.90. The molecule has 0 amide bonds. The van der Waals surface area contributed by atoms with Gasteiger partial charge < -0.3 is 14.9 Å². The summed E-state index contributed by atoms with van der Waals surface area (Å²) in [6.45, 7) is 2.17. The normalized spacial score (nSPS) is 13.4. The zero-order chi connectivity index (χ0) is 10.4. The maximum absolute atomic E-state index is 5.82. The van der Waals surface area contributed by atoms with Crippen LogP contribution in [0.15, 0.2) is 22.8 Å². The lowest BCUT2D eigenvalue weighted by Crippen LogP contribution is -2.38. The van der Waals surface area contributed by atoms with Crippen LogP contribution in [0.3, 0.4) is 0 Å². The second-order valence-corrected chi connectivity index (χ2v) is 3.49. The predicted molar refractivity (Wildman–Crippen MR) is 54.9 cm³/mol. The molecule has 0 saturated carbocycles. The van der Waals surface area contributed by atoms with Crippen molar-refractivity contribution in [3.8, 4) is 0 Å². The van der Waals surface area contributed by atoms with Crippen LogP contribution in [-0.2, 0) is 11.3 Å². The summed E-state index contributed by atoms with van der Waals surface area (Å²) in [5.74, 6) is 0.956. The van der Waals surface area contributed by atoms with E-state index < -0.39 is 0 Å². The van der Waals surface area contributed by atoms with E-state index in [0.29, 0.717) is 6.61 Å². The van der Waals surface area contributed by atoms with Gasteiger partial charge in [0.25, 0.3) is 0 Å². The summed E-state index contributed by atoms with van der Waals surface area (Å²) in [5.41, 5.74) is 5.82. The maximum Gasteiger partial charge on any atom is 0.117 e. The molecule has 0 aliphatic carbocycles. The van der Waals surface area contributed by atoms with Crippen molar-refractivity contribution in [2.75, 3.05) is 27.3 Å². The van der Waals surface area contributed by atoms with Crippen LogP contribution in [-0.4, -0.2) is 38.3 Å². The molecule has 0 aliphatic heterocycles. The molecular formula is C10H18N2O2. The zero-order valence-electron chi connectivity index (χ0n) is 8.77. The van der Waals surface area contributed by atoms with Crippen molar-refractivity contribution in [3.05, 3.63) is 24.2 Å². The second-order valence-electron chi connectivity index (χ2n) is 3.49. The number of rotatable bonds is 6. The molecule has 0 saturated heterocycles. The quantitative estimate of drug-likeness (QED) is 0.730. The van der Waals surface area contributed by atoms with Gasteiger partial charge in [-0.15, -0.1) is 0 Å². The number of furan rings is 1. The first kappa shape index (κ1) is 11.2. The molecule has 0 bridgehead atoms. The molecule has 0 radical (unpaired) electrons. The van der Waals surface area contributed by atoms with Gasteiger partial charge >= 0.3 is 0 Å². The molecule has 14 heavy (non-hydrogen) atoms. The van der Waals surface area contributed by atoms with E-state index in [1.165, 1.54) is 0 Å². The molecule has 4 nitrogen and oxygen atoms in total. The Labute approximate surface area is 84.6 Å². The van der Waals surface area contributed by atoms with Gasteiger partial charge in [0.05, 0.1) is 19.4 Å². The highest BCUT2D eigenvalue weighted by molar-refractivity contribution is 4.97. The average Bonchev–Trinajstić information content (AvgIpc) is 2.56. The fourth-order valence-electron chi connectivity index (χ4n) is 1.40. The molecular weight excluding hydrogens is 180 g/mol. The molecule has 0 fully saturated rings. The van der Waals surface area contributed by atoms with Crippen LogP contribution in [0.4, 0.5) is 0 Å². The SMILES string of the molecule is COCC(N)CN(C)Cc1ccco1. The maximum atomic E-state index is 5.82. The van der Waals surface area contributed by atoms with Gasteiger partial charge in [-0.3, -0.25) is 4.90 Å². The summed E-state index contributed by atoms with van der Waals surface area (Å²) in [5, 5.41) is 0. The number of nitrogens with two attached hydrogens (primary N) is 1. The third-order valence-electron chi connectivity index (χ3n) is 1.93. The molecule has 0 aromatic carbocycles. The molecule has 1 rings (SSSR count). The van der Waals surface area contributed by atoms with E-state index in [4.69, 9.17) is 14.9 Å². The van der Waals surface area contributed by atoms with E-state index in [1.54, 1.807) is 13.4 Å². The van der Waals surface area contributed by atoms with E-state index >= 15 is 0 Å². The number of likely N-dealkylation sites (N-methyl/N-ethyl adjacent to an activating group) is 1. The van der Waals surface area contributed by atoms with Crippen molar-refractivity contribution in [1.29, 1.82) is 0 Å². The Morgan fingerprint density at radius 1 is 1.64 bits per heavy atom. The van der Waals surface area contributed by atoms with Crippen LogP contribution in [0, 0.1) is 0 Å². The van der Waals surface area contributed by atoms with Gasteiger partial charge in [0.1, 0.15) is 5.76 Å². The summed E-state index contributed by atoms with van der Waals surface area (Å²) in [4.78, 5) is 2.11. The van der Waals surface area contributed by atoms with E-state index in [9.17, 15) is 0 Å². The Morgan fingerprint density at radius 3 is 3.00 bits per heavy atom. The fraction of sp³-hybridized carbons (Fsp3) is 0.600. The first-order chi connectivity index (χ1) is 6.72. The average molecular weight is 198 g/mol. The minimum Gasteiger partial charge on any atom is -0.468 e. The zero-order valence-corrected chi connectivity index (χ0v) is 8.77. The standard InChI is InChI=1S/C10H18N2O2/c1-12(6-9(11)8-13-2)7-10-4-3-5-14-10/h3-5,9H,6-8,11H2,1-2H3. The molecule has 4 heteroatoms. The fourth-order valence-corrected chi connectivity index (χ4v) is 1.40. The lowest BCUT2D eigenvalue weighted by molar-refractivity contribution is 0.157. The van der Waals surface area contributed by atoms with Gasteiger partial charge in [0, 0.05) is 19.7 Å². The Bertz CT molecular complexity index is 236. The number of nitrogens with zero attached hydrogens (tertiary/aromatic N) is 1. The van der Waals surface area contributed by atoms with Gasteiger partial charge in [-0.2, -0.15) is 0 Å². The van der Waals surface area contributed by atoms with Crippen molar-refractivity contribution in [2.24, 2.45) is 5.73 Å². The third kappa shape index (κ3) is 3.91. The predicted octanol–water partition coefficient (Wildman–Crippen LogP) is 0.685. The van der Waals surface area contributed by atoms with Crippen molar-refractivity contribution in [2.45, 2.75) is 12.6 Å². The minimum absolute atomic E-state index is 0.0555. The lowest BCUT2D eigenvalue weighted by atomic mass is 10.3. The van der Waals surface area contributed by atoms with E-state index in [0.717, 1.165) is 18.8 Å². The van der Waals surface area contributed by atoms with Crippen LogP contribution in [0.2, 0.25) is 0 Å². The monoisotopic (exact) mass is 198 g/mol. The van der Waals surface area contributed by atoms with E-state index in [1.807, 2.05) is 19.2 Å². The molecule has 2 N–H and O–H groups in total. The highest BCUT2D eigenvalue weighted by atomic mass is 16.5. The third-order valence-corrected chi connectivity index (χ3v) is 1.93. The number of hydrogen-bond acceptors (Lipinski definition) is 4. The molecule has 0 aliphatic rings. The molecule has 0 spiro atoms. The Hall–Kier alpha value is -0.840. The number of ether oxygens (including phenoxy) is 1. The first-order valence-corrected chi connectivity index (χ1v) is 4.68. The highest BCUT2D eigenvalue weighted by Gasteiger charge is 2.07. The number of hydrogen-bond donors (Lipinski definition) is 1. The Morgan fingerprint density at radius 2 is 2.43 bits per heavy atom. The smallest absolute Gasteiger partial charge is 0.117 e. The van der Waals surface area contributed by atoms with Gasteiger partial charge in [0.15, 0.2) is 0 Å². The largest absolute Gasteiger partial charge is 0.468 e. The van der Waals surface area contributed by atoms with Crippen LogP contribution < -0.4 is 5.73 Å². The van der Waals surface area contributed by atoms with Crippen LogP contribution in [0.5, 0.6) is 0 Å². The molecule has 1 aromatic rings. The number of methoxy groups -OCH3 is 1. The molecule has 1 aromatic heterocycles. The van der Waals surface area contributed by atoms with Crippen LogP contribution in [0.25, 0.3) is 0 Å². The Balaban J connectivity index is 2.25. The van der Waals surface area contributed by atoms with Gasteiger partial charge in [0.2, 0.25) is 0 Å². The van der Waals surface area contributed by atoms with Crippen molar-refractivity contribution < 1.29 is 9.15 Å². The molecule has 1 atom stereocenters. The van der Waals surface area contributed by atoms with Crippen molar-refractivity contribution in [1.82, 2.24) is 4.90 Å². The lowest BCUT2D eigenvalue weighted by Gasteiger charge is -2.19. The van der Waals surface area contributed by atoms with Gasteiger partial charge in [-0.25, -0.2) is 0 Å². The molecule has 1 heterocycles. The summed E-state index contributed by atoms with van der Waals surface area (Å²) < 4.78 is 10.2. The van der Waals surface area contributed by atoms with Crippen molar-refractivity contribution in [3.63, 3.8) is 0 Å². The summed E-state index contributed by atoms with van der Waals surface area (Å²) in [7, 11) is 3.67.